The fourth-order valence-corrected chi connectivity index (χ4v) is 1.91. The lowest BCUT2D eigenvalue weighted by Gasteiger charge is -2.16. The molecule has 0 aliphatic carbocycles. The summed E-state index contributed by atoms with van der Waals surface area (Å²) < 4.78 is 21.2. The molecule has 5 heteroatoms. The molecule has 4 nitrogen and oxygen atoms in total. The lowest BCUT2D eigenvalue weighted by Crippen LogP contribution is -2.09. The van der Waals surface area contributed by atoms with Gasteiger partial charge in [0.2, 0.25) is 0 Å². The van der Waals surface area contributed by atoms with Gasteiger partial charge in [-0.25, -0.2) is 0 Å². The van der Waals surface area contributed by atoms with E-state index in [0.717, 1.165) is 6.42 Å². The number of ether oxygens (including phenoxy) is 1. The van der Waals surface area contributed by atoms with Crippen molar-refractivity contribution in [2.24, 2.45) is 0 Å². The lowest BCUT2D eigenvalue weighted by molar-refractivity contribution is 0.146. The van der Waals surface area contributed by atoms with Crippen molar-refractivity contribution in [2.45, 2.75) is 33.3 Å². The van der Waals surface area contributed by atoms with Gasteiger partial charge in [0.15, 0.2) is 0 Å². The molecule has 0 radical (unpaired) electrons. The van der Waals surface area contributed by atoms with Gasteiger partial charge in [0, 0.05) is 6.61 Å². The largest absolute Gasteiger partial charge is 0.381 e. The maximum absolute atomic E-state index is 11.3. The highest BCUT2D eigenvalue weighted by molar-refractivity contribution is 7.52. The molecule has 0 spiro atoms. The molecule has 2 unspecified atom stereocenters. The zero-order chi connectivity index (χ0) is 10.3. The minimum absolute atomic E-state index is 0.0746. The summed E-state index contributed by atoms with van der Waals surface area (Å²) in [4.78, 5) is 9.30. The molecule has 1 N–H and O–H groups in total. The predicted octanol–water partition coefficient (Wildman–Crippen LogP) is 2.02. The van der Waals surface area contributed by atoms with E-state index in [4.69, 9.17) is 9.26 Å². The highest BCUT2D eigenvalue weighted by Gasteiger charge is 2.21. The number of hydrogen-bond donors (Lipinski definition) is 1. The van der Waals surface area contributed by atoms with Crippen molar-refractivity contribution in [3.8, 4) is 0 Å². The van der Waals surface area contributed by atoms with Crippen molar-refractivity contribution in [1.29, 1.82) is 0 Å². The van der Waals surface area contributed by atoms with E-state index in [1.165, 1.54) is 0 Å². The second-order valence-electron chi connectivity index (χ2n) is 2.88. The van der Waals surface area contributed by atoms with E-state index in [0.29, 0.717) is 6.61 Å². The summed E-state index contributed by atoms with van der Waals surface area (Å²) in [5.41, 5.74) is 0. The first-order valence-electron chi connectivity index (χ1n) is 4.59. The molecule has 80 valence electrons. The van der Waals surface area contributed by atoms with Gasteiger partial charge in [-0.2, -0.15) is 0 Å². The molecule has 0 amide bonds. The minimum atomic E-state index is -3.42. The fraction of sp³-hybridized carbons (Fsp3) is 1.00. The molecule has 0 aliphatic heterocycles. The number of rotatable bonds is 7. The third-order valence-corrected chi connectivity index (χ3v) is 3.08. The van der Waals surface area contributed by atoms with Crippen LogP contribution >= 0.6 is 7.60 Å². The molecule has 0 saturated carbocycles. The highest BCUT2D eigenvalue weighted by atomic mass is 31.2. The Hall–Kier alpha value is 0.110. The summed E-state index contributed by atoms with van der Waals surface area (Å²) >= 11 is 0. The first kappa shape index (κ1) is 13.1. The van der Waals surface area contributed by atoms with Gasteiger partial charge in [-0.15, -0.1) is 0 Å². The van der Waals surface area contributed by atoms with E-state index in [-0.39, 0.29) is 18.9 Å². The van der Waals surface area contributed by atoms with E-state index in [1.807, 2.05) is 13.8 Å². The van der Waals surface area contributed by atoms with Crippen molar-refractivity contribution in [2.75, 3.05) is 19.4 Å². The summed E-state index contributed by atoms with van der Waals surface area (Å²) in [6.45, 7) is 6.37. The van der Waals surface area contributed by atoms with E-state index >= 15 is 0 Å². The molecule has 0 aliphatic rings. The molecule has 0 aromatic rings. The second kappa shape index (κ2) is 6.55. The average Bonchev–Trinajstić information content (AvgIpc) is 2.03. The fourth-order valence-electron chi connectivity index (χ4n) is 0.733. The molecule has 2 atom stereocenters. The highest BCUT2D eigenvalue weighted by Crippen LogP contribution is 2.43. The molecule has 0 saturated heterocycles. The van der Waals surface area contributed by atoms with Crippen LogP contribution in [-0.4, -0.2) is 30.4 Å². The Kier molecular flexibility index (Phi) is 6.60. The van der Waals surface area contributed by atoms with Gasteiger partial charge in [0.1, 0.15) is 0 Å². The van der Waals surface area contributed by atoms with Gasteiger partial charge >= 0.3 is 7.60 Å². The van der Waals surface area contributed by atoms with Gasteiger partial charge in [0.05, 0.1) is 18.9 Å². The van der Waals surface area contributed by atoms with Crippen LogP contribution in [0.4, 0.5) is 0 Å². The van der Waals surface area contributed by atoms with Crippen molar-refractivity contribution in [3.05, 3.63) is 0 Å². The number of hydrogen-bond acceptors (Lipinski definition) is 3. The molecule has 0 aromatic heterocycles. The molecule has 0 heterocycles. The maximum Gasteiger partial charge on any atom is 0.330 e. The summed E-state index contributed by atoms with van der Waals surface area (Å²) in [5, 5.41) is 0. The Morgan fingerprint density at radius 1 is 1.46 bits per heavy atom. The van der Waals surface area contributed by atoms with Crippen LogP contribution in [0.5, 0.6) is 0 Å². The molecule has 0 bridgehead atoms. The van der Waals surface area contributed by atoms with Crippen molar-refractivity contribution in [3.63, 3.8) is 0 Å². The monoisotopic (exact) mass is 210 g/mol. The topological polar surface area (TPSA) is 55.8 Å². The Morgan fingerprint density at radius 2 is 2.08 bits per heavy atom. The molecular formula is C8H19O4P. The quantitative estimate of drug-likeness (QED) is 0.516. The van der Waals surface area contributed by atoms with Crippen LogP contribution in [0.3, 0.4) is 0 Å². The van der Waals surface area contributed by atoms with Crippen LogP contribution in [0.15, 0.2) is 0 Å². The van der Waals surface area contributed by atoms with Crippen molar-refractivity contribution in [1.82, 2.24) is 0 Å². The van der Waals surface area contributed by atoms with Crippen LogP contribution in [0.2, 0.25) is 0 Å². The van der Waals surface area contributed by atoms with E-state index in [1.54, 1.807) is 6.92 Å². The van der Waals surface area contributed by atoms with Crippen molar-refractivity contribution >= 4 is 7.60 Å². The third-order valence-electron chi connectivity index (χ3n) is 1.64. The summed E-state index contributed by atoms with van der Waals surface area (Å²) in [7, 11) is -3.42. The van der Waals surface area contributed by atoms with Crippen molar-refractivity contribution < 1.29 is 18.7 Å². The average molecular weight is 210 g/mol. The standard InChI is InChI=1S/C8H19O4P/c1-4-8(3)12-13(9,10)7-6-11-5-2/h8H,4-7H2,1-3H3,(H,9,10). The van der Waals surface area contributed by atoms with Crippen LogP contribution in [0.1, 0.15) is 27.2 Å². The zero-order valence-corrected chi connectivity index (χ0v) is 9.42. The Morgan fingerprint density at radius 3 is 2.54 bits per heavy atom. The molecular weight excluding hydrogens is 191 g/mol. The Balaban J connectivity index is 3.73. The van der Waals surface area contributed by atoms with Crippen LogP contribution in [0, 0.1) is 0 Å². The third kappa shape index (κ3) is 7.20. The summed E-state index contributed by atoms with van der Waals surface area (Å²) in [5.74, 6) is 0. The van der Waals surface area contributed by atoms with E-state index < -0.39 is 7.60 Å². The normalized spacial score (nSPS) is 18.2. The predicted molar refractivity (Wildman–Crippen MR) is 52.0 cm³/mol. The first-order valence-corrected chi connectivity index (χ1v) is 6.36. The zero-order valence-electron chi connectivity index (χ0n) is 8.52. The van der Waals surface area contributed by atoms with Gasteiger partial charge in [-0.1, -0.05) is 6.92 Å². The first-order chi connectivity index (χ1) is 6.02. The van der Waals surface area contributed by atoms with Gasteiger partial charge in [-0.3, -0.25) is 4.57 Å². The van der Waals surface area contributed by atoms with Gasteiger partial charge in [-0.05, 0) is 20.3 Å². The summed E-state index contributed by atoms with van der Waals surface area (Å²) in [6, 6.07) is 0. The van der Waals surface area contributed by atoms with Gasteiger partial charge < -0.3 is 14.2 Å². The SMILES string of the molecule is CCOCCP(=O)(O)OC(C)CC. The van der Waals surface area contributed by atoms with E-state index in [2.05, 4.69) is 0 Å². The maximum atomic E-state index is 11.3. The second-order valence-corrected chi connectivity index (χ2v) is 4.82. The minimum Gasteiger partial charge on any atom is -0.381 e. The molecule has 0 rings (SSSR count). The Bertz CT molecular complexity index is 172. The van der Waals surface area contributed by atoms with Gasteiger partial charge in [0.25, 0.3) is 0 Å². The van der Waals surface area contributed by atoms with Crippen LogP contribution < -0.4 is 0 Å². The smallest absolute Gasteiger partial charge is 0.330 e. The molecule has 0 aromatic carbocycles. The Labute approximate surface area is 79.8 Å². The molecule has 13 heavy (non-hydrogen) atoms. The van der Waals surface area contributed by atoms with E-state index in [9.17, 15) is 9.46 Å². The molecule has 0 fully saturated rings. The van der Waals surface area contributed by atoms with Crippen LogP contribution in [-0.2, 0) is 13.8 Å². The van der Waals surface area contributed by atoms with Crippen LogP contribution in [0.25, 0.3) is 0 Å². The summed E-state index contributed by atoms with van der Waals surface area (Å²) in [6.07, 6.45) is 0.641. The lowest BCUT2D eigenvalue weighted by atomic mass is 10.3.